The van der Waals surface area contributed by atoms with E-state index in [0.29, 0.717) is 18.3 Å². The van der Waals surface area contributed by atoms with E-state index in [0.717, 1.165) is 18.9 Å². The summed E-state index contributed by atoms with van der Waals surface area (Å²) < 4.78 is 0. The smallest absolute Gasteiger partial charge is 0.220 e. The Morgan fingerprint density at radius 3 is 2.25 bits per heavy atom. The molecule has 0 aromatic heterocycles. The van der Waals surface area contributed by atoms with Gasteiger partial charge in [0.05, 0.1) is 0 Å². The molecular formula is C18H37NO. The monoisotopic (exact) mass is 283 g/mol. The lowest BCUT2D eigenvalue weighted by Crippen LogP contribution is -2.30. The van der Waals surface area contributed by atoms with Crippen LogP contribution in [-0.2, 0) is 4.79 Å². The molecule has 0 aliphatic carbocycles. The van der Waals surface area contributed by atoms with Crippen LogP contribution >= 0.6 is 0 Å². The molecule has 0 aliphatic heterocycles. The van der Waals surface area contributed by atoms with Crippen LogP contribution in [0.3, 0.4) is 0 Å². The maximum atomic E-state index is 12.0. The van der Waals surface area contributed by atoms with Gasteiger partial charge in [-0.15, -0.1) is 0 Å². The largest absolute Gasteiger partial charge is 0.356 e. The highest BCUT2D eigenvalue weighted by molar-refractivity contribution is 5.76. The summed E-state index contributed by atoms with van der Waals surface area (Å²) >= 11 is 0. The van der Waals surface area contributed by atoms with E-state index >= 15 is 0 Å². The molecule has 0 bridgehead atoms. The molecule has 0 rings (SSSR count). The molecule has 0 aliphatic rings. The molecule has 0 spiro atoms. The lowest BCUT2D eigenvalue weighted by molar-refractivity contribution is -0.122. The first-order valence-corrected chi connectivity index (χ1v) is 8.79. The number of hydrogen-bond acceptors (Lipinski definition) is 1. The van der Waals surface area contributed by atoms with E-state index in [1.54, 1.807) is 0 Å². The summed E-state index contributed by atoms with van der Waals surface area (Å²) in [6, 6.07) is 0. The van der Waals surface area contributed by atoms with E-state index in [-0.39, 0.29) is 5.91 Å². The van der Waals surface area contributed by atoms with Gasteiger partial charge in [-0.05, 0) is 30.6 Å². The van der Waals surface area contributed by atoms with Gasteiger partial charge in [-0.3, -0.25) is 4.79 Å². The summed E-state index contributed by atoms with van der Waals surface area (Å²) in [4.78, 5) is 12.0. The minimum Gasteiger partial charge on any atom is -0.356 e. The lowest BCUT2D eigenvalue weighted by Gasteiger charge is -2.18. The number of hydrogen-bond donors (Lipinski definition) is 1. The Morgan fingerprint density at radius 2 is 1.70 bits per heavy atom. The molecule has 3 unspecified atom stereocenters. The highest BCUT2D eigenvalue weighted by Crippen LogP contribution is 2.20. The highest BCUT2D eigenvalue weighted by atomic mass is 16.1. The van der Waals surface area contributed by atoms with Crippen LogP contribution in [0, 0.1) is 17.8 Å². The Balaban J connectivity index is 3.83. The average molecular weight is 284 g/mol. The molecule has 0 fully saturated rings. The first-order chi connectivity index (χ1) is 9.53. The van der Waals surface area contributed by atoms with E-state index in [9.17, 15) is 4.79 Å². The molecule has 0 saturated carbocycles. The van der Waals surface area contributed by atoms with E-state index < -0.39 is 0 Å². The van der Waals surface area contributed by atoms with Crippen LogP contribution in [0.4, 0.5) is 0 Å². The van der Waals surface area contributed by atoms with Crippen molar-refractivity contribution in [3.8, 4) is 0 Å². The van der Waals surface area contributed by atoms with Gasteiger partial charge >= 0.3 is 0 Å². The van der Waals surface area contributed by atoms with Crippen LogP contribution in [0.2, 0.25) is 0 Å². The van der Waals surface area contributed by atoms with Crippen molar-refractivity contribution >= 4 is 5.91 Å². The second-order valence-corrected chi connectivity index (χ2v) is 6.66. The third-order valence-electron chi connectivity index (χ3n) is 4.25. The van der Waals surface area contributed by atoms with Gasteiger partial charge in [0, 0.05) is 13.0 Å². The first kappa shape index (κ1) is 19.5. The molecule has 1 N–H and O–H groups in total. The zero-order chi connectivity index (χ0) is 15.4. The number of nitrogens with one attached hydrogen (secondary N) is 1. The van der Waals surface area contributed by atoms with Crippen molar-refractivity contribution in [1.82, 2.24) is 5.32 Å². The summed E-state index contributed by atoms with van der Waals surface area (Å²) in [7, 11) is 0. The summed E-state index contributed by atoms with van der Waals surface area (Å²) in [6.07, 6.45) is 9.36. The molecule has 0 radical (unpaired) electrons. The number of unbranched alkanes of at least 4 members (excludes halogenated alkanes) is 1. The summed E-state index contributed by atoms with van der Waals surface area (Å²) in [5.41, 5.74) is 0. The number of carbonyl (C=O) groups is 1. The van der Waals surface area contributed by atoms with Crippen molar-refractivity contribution in [3.63, 3.8) is 0 Å². The maximum Gasteiger partial charge on any atom is 0.220 e. The minimum atomic E-state index is 0.245. The van der Waals surface area contributed by atoms with Crippen molar-refractivity contribution in [3.05, 3.63) is 0 Å². The lowest BCUT2D eigenvalue weighted by atomic mass is 9.91. The van der Waals surface area contributed by atoms with Gasteiger partial charge in [0.2, 0.25) is 5.91 Å². The summed E-state index contributed by atoms with van der Waals surface area (Å²) in [5.74, 6) is 2.16. The normalized spacial score (nSPS) is 15.7. The Morgan fingerprint density at radius 1 is 1.00 bits per heavy atom. The van der Waals surface area contributed by atoms with Crippen LogP contribution < -0.4 is 5.32 Å². The fraction of sp³-hybridized carbons (Fsp3) is 0.944. The van der Waals surface area contributed by atoms with Crippen molar-refractivity contribution in [2.45, 2.75) is 86.0 Å². The summed E-state index contributed by atoms with van der Waals surface area (Å²) in [5, 5.41) is 3.13. The molecule has 0 heterocycles. The molecule has 1 amide bonds. The van der Waals surface area contributed by atoms with Gasteiger partial charge < -0.3 is 5.32 Å². The van der Waals surface area contributed by atoms with E-state index in [1.807, 2.05) is 0 Å². The van der Waals surface area contributed by atoms with E-state index in [2.05, 4.69) is 39.9 Å². The molecule has 3 atom stereocenters. The third-order valence-corrected chi connectivity index (χ3v) is 4.25. The molecule has 0 aromatic carbocycles. The number of carbonyl (C=O) groups excluding carboxylic acids is 1. The van der Waals surface area contributed by atoms with Gasteiger partial charge in [-0.25, -0.2) is 0 Å². The van der Waals surface area contributed by atoms with Gasteiger partial charge in [-0.2, -0.15) is 0 Å². The van der Waals surface area contributed by atoms with Crippen LogP contribution in [0.5, 0.6) is 0 Å². The van der Waals surface area contributed by atoms with Gasteiger partial charge in [0.1, 0.15) is 0 Å². The topological polar surface area (TPSA) is 29.1 Å². The highest BCUT2D eigenvalue weighted by Gasteiger charge is 2.13. The number of amides is 1. The Bertz CT molecular complexity index is 240. The van der Waals surface area contributed by atoms with Crippen LogP contribution in [0.15, 0.2) is 0 Å². The average Bonchev–Trinajstić information content (AvgIpc) is 2.40. The fourth-order valence-corrected chi connectivity index (χ4v) is 2.95. The minimum absolute atomic E-state index is 0.245. The molecular weight excluding hydrogens is 246 g/mol. The zero-order valence-corrected chi connectivity index (χ0v) is 14.5. The van der Waals surface area contributed by atoms with Crippen LogP contribution in [0.25, 0.3) is 0 Å². The van der Waals surface area contributed by atoms with Gasteiger partial charge in [-0.1, -0.05) is 66.7 Å². The van der Waals surface area contributed by atoms with Crippen molar-refractivity contribution < 1.29 is 4.79 Å². The predicted molar refractivity (Wildman–Crippen MR) is 88.8 cm³/mol. The quantitative estimate of drug-likeness (QED) is 0.526. The van der Waals surface area contributed by atoms with E-state index in [4.69, 9.17) is 0 Å². The van der Waals surface area contributed by atoms with Crippen molar-refractivity contribution in [1.29, 1.82) is 0 Å². The zero-order valence-electron chi connectivity index (χ0n) is 14.5. The number of rotatable bonds is 12. The van der Waals surface area contributed by atoms with Gasteiger partial charge in [0.25, 0.3) is 0 Å². The fourth-order valence-electron chi connectivity index (χ4n) is 2.95. The Labute approximate surface area is 127 Å². The van der Waals surface area contributed by atoms with Crippen LogP contribution in [-0.4, -0.2) is 12.5 Å². The molecule has 2 heteroatoms. The van der Waals surface area contributed by atoms with Crippen molar-refractivity contribution in [2.75, 3.05) is 6.54 Å². The molecule has 0 saturated heterocycles. The first-order valence-electron chi connectivity index (χ1n) is 8.79. The standard InChI is InChI=1S/C18H37NO/c1-6-9-11-15(4)12-16(5)13-18(20)19-14-17(8-3)10-7-2/h15-17H,6-14H2,1-5H3,(H,19,20). The second kappa shape index (κ2) is 12.2. The van der Waals surface area contributed by atoms with E-state index in [1.165, 1.54) is 38.5 Å². The molecule has 120 valence electrons. The van der Waals surface area contributed by atoms with Crippen LogP contribution in [0.1, 0.15) is 86.0 Å². The SMILES string of the molecule is CCCCC(C)CC(C)CC(=O)NCC(CC)CCC. The molecule has 2 nitrogen and oxygen atoms in total. The Kier molecular flexibility index (Phi) is 11.9. The predicted octanol–water partition coefficient (Wildman–Crippen LogP) is 5.17. The van der Waals surface area contributed by atoms with Gasteiger partial charge in [0.15, 0.2) is 0 Å². The molecule has 0 aromatic rings. The third kappa shape index (κ3) is 10.3. The molecule has 20 heavy (non-hydrogen) atoms. The maximum absolute atomic E-state index is 12.0. The summed E-state index contributed by atoms with van der Waals surface area (Å²) in [6.45, 7) is 12.1. The van der Waals surface area contributed by atoms with Crippen molar-refractivity contribution in [2.24, 2.45) is 17.8 Å². The Hall–Kier alpha value is -0.530. The second-order valence-electron chi connectivity index (χ2n) is 6.66.